The average molecular weight is 332 g/mol. The lowest BCUT2D eigenvalue weighted by atomic mass is 9.63. The highest BCUT2D eigenvalue weighted by Gasteiger charge is 2.37. The van der Waals surface area contributed by atoms with Crippen LogP contribution in [0.3, 0.4) is 0 Å². The third-order valence-corrected chi connectivity index (χ3v) is 5.86. The van der Waals surface area contributed by atoms with Crippen molar-refractivity contribution in [3.8, 4) is 11.1 Å². The van der Waals surface area contributed by atoms with Gasteiger partial charge >= 0.3 is 0 Å². The predicted molar refractivity (Wildman–Crippen MR) is 102 cm³/mol. The molecule has 2 heteroatoms. The molecule has 0 N–H and O–H groups in total. The minimum atomic E-state index is 0.180. The van der Waals surface area contributed by atoms with Gasteiger partial charge in [-0.3, -0.25) is 4.79 Å². The van der Waals surface area contributed by atoms with E-state index < -0.39 is 0 Å². The second kappa shape index (κ2) is 5.32. The Kier molecular flexibility index (Phi) is 3.44. The van der Waals surface area contributed by atoms with Crippen molar-refractivity contribution in [1.29, 1.82) is 0 Å². The predicted octanol–water partition coefficient (Wildman–Crippen LogP) is 6.26. The second-order valence-corrected chi connectivity index (χ2v) is 8.51. The number of carbonyl (C=O) groups is 1. The lowest BCUT2D eigenvalue weighted by molar-refractivity contribution is 0.110. The molecule has 0 spiro atoms. The molecule has 1 heterocycles. The van der Waals surface area contributed by atoms with E-state index in [-0.39, 0.29) is 10.8 Å². The monoisotopic (exact) mass is 332 g/mol. The van der Waals surface area contributed by atoms with Crippen molar-refractivity contribution in [2.24, 2.45) is 0 Å². The van der Waals surface area contributed by atoms with Crippen molar-refractivity contribution < 1.29 is 9.21 Å². The average Bonchev–Trinajstić information content (AvgIpc) is 3.02. The van der Waals surface area contributed by atoms with E-state index in [1.165, 1.54) is 29.5 Å². The third-order valence-electron chi connectivity index (χ3n) is 5.86. The van der Waals surface area contributed by atoms with Gasteiger partial charge in [-0.25, -0.2) is 0 Å². The maximum atomic E-state index is 11.1. The Morgan fingerprint density at radius 2 is 1.64 bits per heavy atom. The van der Waals surface area contributed by atoms with Gasteiger partial charge in [0.25, 0.3) is 0 Å². The Bertz CT molecular complexity index is 973. The molecule has 2 aromatic carbocycles. The van der Waals surface area contributed by atoms with E-state index in [0.717, 1.165) is 22.8 Å². The van der Waals surface area contributed by atoms with Crippen molar-refractivity contribution >= 4 is 17.3 Å². The van der Waals surface area contributed by atoms with E-state index in [1.54, 1.807) is 0 Å². The largest absolute Gasteiger partial charge is 0.453 e. The Hall–Kier alpha value is -2.35. The SMILES string of the molecule is CC1(C)CCC(C)(C)c2cc(-c3cccc4oc(C=O)cc34)ccc21. The van der Waals surface area contributed by atoms with Crippen LogP contribution in [0.4, 0.5) is 0 Å². The summed E-state index contributed by atoms with van der Waals surface area (Å²) in [6.45, 7) is 9.36. The van der Waals surface area contributed by atoms with Gasteiger partial charge in [0.05, 0.1) is 0 Å². The zero-order chi connectivity index (χ0) is 17.8. The summed E-state index contributed by atoms with van der Waals surface area (Å²) in [6, 6.07) is 14.7. The van der Waals surface area contributed by atoms with Crippen molar-refractivity contribution in [2.45, 2.75) is 51.4 Å². The van der Waals surface area contributed by atoms with Gasteiger partial charge in [-0.05, 0) is 58.1 Å². The van der Waals surface area contributed by atoms with Crippen LogP contribution in [0.2, 0.25) is 0 Å². The van der Waals surface area contributed by atoms with Crippen LogP contribution in [0.15, 0.2) is 46.9 Å². The molecule has 0 saturated carbocycles. The molecule has 0 radical (unpaired) electrons. The first-order valence-corrected chi connectivity index (χ1v) is 8.95. The highest BCUT2D eigenvalue weighted by Crippen LogP contribution is 2.47. The summed E-state index contributed by atoms with van der Waals surface area (Å²) in [5, 5.41) is 0.998. The van der Waals surface area contributed by atoms with Gasteiger partial charge in [-0.2, -0.15) is 0 Å². The van der Waals surface area contributed by atoms with E-state index in [2.05, 4.69) is 52.0 Å². The Balaban J connectivity index is 1.94. The van der Waals surface area contributed by atoms with Crippen molar-refractivity contribution in [3.63, 3.8) is 0 Å². The number of benzene rings is 2. The van der Waals surface area contributed by atoms with E-state index in [9.17, 15) is 4.79 Å². The van der Waals surface area contributed by atoms with Crippen LogP contribution in [0.1, 0.15) is 62.2 Å². The smallest absolute Gasteiger partial charge is 0.185 e. The highest BCUT2D eigenvalue weighted by atomic mass is 16.3. The first-order valence-electron chi connectivity index (χ1n) is 8.95. The minimum absolute atomic E-state index is 0.180. The Labute approximate surface area is 148 Å². The lowest BCUT2D eigenvalue weighted by Gasteiger charge is -2.42. The molecular formula is C23H24O2. The van der Waals surface area contributed by atoms with E-state index in [1.807, 2.05) is 18.2 Å². The number of carbonyl (C=O) groups excluding carboxylic acids is 1. The quantitative estimate of drug-likeness (QED) is 0.518. The zero-order valence-corrected chi connectivity index (χ0v) is 15.3. The molecule has 0 aliphatic heterocycles. The highest BCUT2D eigenvalue weighted by molar-refractivity contribution is 5.97. The van der Waals surface area contributed by atoms with Crippen LogP contribution in [-0.2, 0) is 10.8 Å². The fourth-order valence-corrected chi connectivity index (χ4v) is 4.15. The maximum Gasteiger partial charge on any atom is 0.185 e. The van der Waals surface area contributed by atoms with Crippen LogP contribution in [0.25, 0.3) is 22.1 Å². The molecule has 1 aromatic heterocycles. The van der Waals surface area contributed by atoms with Gasteiger partial charge in [0.2, 0.25) is 0 Å². The first-order chi connectivity index (χ1) is 11.8. The number of hydrogen-bond acceptors (Lipinski definition) is 2. The summed E-state index contributed by atoms with van der Waals surface area (Å²) in [6.07, 6.45) is 3.18. The molecule has 1 aliphatic carbocycles. The van der Waals surface area contributed by atoms with E-state index in [4.69, 9.17) is 4.42 Å². The summed E-state index contributed by atoms with van der Waals surface area (Å²) < 4.78 is 5.60. The number of fused-ring (bicyclic) bond motifs is 2. The molecule has 128 valence electrons. The number of hydrogen-bond donors (Lipinski definition) is 0. The van der Waals surface area contributed by atoms with Gasteiger partial charge in [0.1, 0.15) is 5.58 Å². The fraction of sp³-hybridized carbons (Fsp3) is 0.348. The van der Waals surface area contributed by atoms with E-state index >= 15 is 0 Å². The standard InChI is InChI=1S/C23H24O2/c1-22(2)10-11-23(3,4)20-12-15(8-9-19(20)22)17-6-5-7-21-18(17)13-16(14-24)25-21/h5-9,12-14H,10-11H2,1-4H3. The molecule has 0 unspecified atom stereocenters. The molecule has 0 atom stereocenters. The summed E-state index contributed by atoms with van der Waals surface area (Å²) in [5.74, 6) is 0.377. The minimum Gasteiger partial charge on any atom is -0.453 e. The van der Waals surface area contributed by atoms with Crippen LogP contribution in [0.5, 0.6) is 0 Å². The summed E-state index contributed by atoms with van der Waals surface area (Å²) in [4.78, 5) is 11.1. The van der Waals surface area contributed by atoms with Crippen LogP contribution < -0.4 is 0 Å². The molecule has 0 amide bonds. The Morgan fingerprint density at radius 3 is 2.36 bits per heavy atom. The fourth-order valence-electron chi connectivity index (χ4n) is 4.15. The molecule has 0 fully saturated rings. The van der Waals surface area contributed by atoms with Crippen molar-refractivity contribution in [2.75, 3.05) is 0 Å². The number of rotatable bonds is 2. The van der Waals surface area contributed by atoms with Gasteiger partial charge in [0.15, 0.2) is 12.0 Å². The molecular weight excluding hydrogens is 308 g/mol. The lowest BCUT2D eigenvalue weighted by Crippen LogP contribution is -2.33. The molecule has 1 aliphatic rings. The molecule has 2 nitrogen and oxygen atoms in total. The zero-order valence-electron chi connectivity index (χ0n) is 15.3. The first kappa shape index (κ1) is 16.1. The van der Waals surface area contributed by atoms with Gasteiger partial charge in [-0.15, -0.1) is 0 Å². The summed E-state index contributed by atoms with van der Waals surface area (Å²) in [5.41, 5.74) is 6.37. The van der Waals surface area contributed by atoms with Gasteiger partial charge in [-0.1, -0.05) is 58.0 Å². The van der Waals surface area contributed by atoms with Crippen LogP contribution >= 0.6 is 0 Å². The molecule has 0 bridgehead atoms. The Morgan fingerprint density at radius 1 is 0.920 bits per heavy atom. The molecule has 0 saturated heterocycles. The summed E-state index contributed by atoms with van der Waals surface area (Å²) in [7, 11) is 0. The van der Waals surface area contributed by atoms with Gasteiger partial charge in [0, 0.05) is 5.39 Å². The van der Waals surface area contributed by atoms with Crippen molar-refractivity contribution in [1.82, 2.24) is 0 Å². The van der Waals surface area contributed by atoms with E-state index in [0.29, 0.717) is 5.76 Å². The van der Waals surface area contributed by atoms with Crippen molar-refractivity contribution in [3.05, 3.63) is 59.4 Å². The molecule has 3 aromatic rings. The normalized spacial score (nSPS) is 18.1. The maximum absolute atomic E-state index is 11.1. The number of aldehydes is 1. The van der Waals surface area contributed by atoms with Crippen LogP contribution in [-0.4, -0.2) is 6.29 Å². The van der Waals surface area contributed by atoms with Crippen LogP contribution in [0, 0.1) is 0 Å². The number of furan rings is 1. The molecule has 4 rings (SSSR count). The van der Waals surface area contributed by atoms with Gasteiger partial charge < -0.3 is 4.42 Å². The molecule has 25 heavy (non-hydrogen) atoms. The topological polar surface area (TPSA) is 30.2 Å². The third kappa shape index (κ3) is 2.52. The summed E-state index contributed by atoms with van der Waals surface area (Å²) >= 11 is 0. The second-order valence-electron chi connectivity index (χ2n) is 8.51.